The van der Waals surface area contributed by atoms with E-state index in [1.807, 2.05) is 6.92 Å². The summed E-state index contributed by atoms with van der Waals surface area (Å²) in [5.74, 6) is 0.348. The minimum Gasteiger partial charge on any atom is -0.504 e. The number of hydrogen-bond acceptors (Lipinski definition) is 4. The Labute approximate surface area is 76.1 Å². The average Bonchev–Trinajstić information content (AvgIpc) is 2.11. The highest BCUT2D eigenvalue weighted by molar-refractivity contribution is 5.84. The van der Waals surface area contributed by atoms with Crippen molar-refractivity contribution in [1.29, 1.82) is 0 Å². The third-order valence-corrected chi connectivity index (χ3v) is 1.67. The molecule has 4 heteroatoms. The maximum Gasteiger partial charge on any atom is 0.166 e. The monoisotopic (exact) mass is 181 g/mol. The van der Waals surface area contributed by atoms with Crippen molar-refractivity contribution in [2.24, 2.45) is 5.16 Å². The number of nitrogens with zero attached hydrogens (tertiary/aromatic N) is 1. The van der Waals surface area contributed by atoms with Crippen molar-refractivity contribution in [1.82, 2.24) is 0 Å². The fourth-order valence-electron chi connectivity index (χ4n) is 1.09. The third-order valence-electron chi connectivity index (χ3n) is 1.67. The Hall–Kier alpha value is -1.71. The molecule has 70 valence electrons. The zero-order chi connectivity index (χ0) is 9.84. The molecule has 0 aliphatic heterocycles. The molecule has 13 heavy (non-hydrogen) atoms. The zero-order valence-corrected chi connectivity index (χ0v) is 7.48. The van der Waals surface area contributed by atoms with Gasteiger partial charge in [-0.1, -0.05) is 5.16 Å². The zero-order valence-electron chi connectivity index (χ0n) is 7.48. The van der Waals surface area contributed by atoms with Gasteiger partial charge in [-0.05, 0) is 24.6 Å². The SMILES string of the molecule is COc1cc(C)cc(/C=N/O)c1O. The van der Waals surface area contributed by atoms with Gasteiger partial charge in [0.15, 0.2) is 11.5 Å². The number of phenols is 1. The number of phenolic OH excluding ortho intramolecular Hbond substituents is 1. The molecule has 4 nitrogen and oxygen atoms in total. The molecule has 1 aromatic carbocycles. The van der Waals surface area contributed by atoms with E-state index in [1.54, 1.807) is 12.1 Å². The summed E-state index contributed by atoms with van der Waals surface area (Å²) in [7, 11) is 1.47. The first-order valence-corrected chi connectivity index (χ1v) is 3.74. The molecule has 1 aromatic rings. The largest absolute Gasteiger partial charge is 0.504 e. The fourth-order valence-corrected chi connectivity index (χ4v) is 1.09. The maximum atomic E-state index is 9.52. The lowest BCUT2D eigenvalue weighted by atomic mass is 10.1. The number of hydrogen-bond donors (Lipinski definition) is 2. The van der Waals surface area contributed by atoms with Gasteiger partial charge in [0.2, 0.25) is 0 Å². The van der Waals surface area contributed by atoms with Crippen LogP contribution in [0.25, 0.3) is 0 Å². The van der Waals surface area contributed by atoms with Crippen LogP contribution in [0.1, 0.15) is 11.1 Å². The second-order valence-electron chi connectivity index (χ2n) is 2.65. The second-order valence-corrected chi connectivity index (χ2v) is 2.65. The van der Waals surface area contributed by atoms with Crippen LogP contribution < -0.4 is 4.74 Å². The average molecular weight is 181 g/mol. The van der Waals surface area contributed by atoms with Crippen molar-refractivity contribution in [2.75, 3.05) is 7.11 Å². The van der Waals surface area contributed by atoms with Crippen LogP contribution in [0.15, 0.2) is 17.3 Å². The number of oxime groups is 1. The van der Waals surface area contributed by atoms with E-state index in [0.29, 0.717) is 11.3 Å². The summed E-state index contributed by atoms with van der Waals surface area (Å²) in [6.45, 7) is 1.86. The van der Waals surface area contributed by atoms with Gasteiger partial charge in [0, 0.05) is 5.56 Å². The van der Waals surface area contributed by atoms with Gasteiger partial charge >= 0.3 is 0 Å². The van der Waals surface area contributed by atoms with Crippen LogP contribution in [0.5, 0.6) is 11.5 Å². The molecule has 0 unspecified atom stereocenters. The Morgan fingerprint density at radius 1 is 1.46 bits per heavy atom. The fraction of sp³-hybridized carbons (Fsp3) is 0.222. The van der Waals surface area contributed by atoms with E-state index in [1.165, 1.54) is 7.11 Å². The predicted octanol–water partition coefficient (Wildman–Crippen LogP) is 1.52. The first-order chi connectivity index (χ1) is 6.19. The molecule has 0 amide bonds. The van der Waals surface area contributed by atoms with Crippen molar-refractivity contribution < 1.29 is 15.1 Å². The molecule has 2 N–H and O–H groups in total. The Bertz CT molecular complexity index is 334. The molecule has 0 aromatic heterocycles. The Balaban J connectivity index is 3.26. The summed E-state index contributed by atoms with van der Waals surface area (Å²) in [5, 5.41) is 20.7. The molecule has 0 spiro atoms. The van der Waals surface area contributed by atoms with Gasteiger partial charge in [0.1, 0.15) is 0 Å². The van der Waals surface area contributed by atoms with E-state index in [9.17, 15) is 5.11 Å². The lowest BCUT2D eigenvalue weighted by Gasteiger charge is -2.06. The van der Waals surface area contributed by atoms with Gasteiger partial charge in [-0.3, -0.25) is 0 Å². The van der Waals surface area contributed by atoms with Gasteiger partial charge in [0.25, 0.3) is 0 Å². The lowest BCUT2D eigenvalue weighted by molar-refractivity contribution is 0.321. The first-order valence-electron chi connectivity index (χ1n) is 3.74. The van der Waals surface area contributed by atoms with Crippen molar-refractivity contribution in [3.05, 3.63) is 23.3 Å². The molecule has 0 fully saturated rings. The number of ether oxygens (including phenoxy) is 1. The Kier molecular flexibility index (Phi) is 2.74. The van der Waals surface area contributed by atoms with Crippen LogP contribution in [-0.4, -0.2) is 23.6 Å². The molecule has 0 heterocycles. The van der Waals surface area contributed by atoms with Crippen molar-refractivity contribution in [3.8, 4) is 11.5 Å². The van der Waals surface area contributed by atoms with Gasteiger partial charge in [-0.15, -0.1) is 0 Å². The minimum atomic E-state index is -0.0223. The molecular weight excluding hydrogens is 170 g/mol. The van der Waals surface area contributed by atoms with Crippen LogP contribution in [0.2, 0.25) is 0 Å². The molecule has 0 bridgehead atoms. The summed E-state index contributed by atoms with van der Waals surface area (Å²) in [6, 6.07) is 3.39. The standard InChI is InChI=1S/C9H11NO3/c1-6-3-7(5-10-12)9(11)8(4-6)13-2/h3-5,11-12H,1-2H3/b10-5+. The van der Waals surface area contributed by atoms with E-state index in [0.717, 1.165) is 11.8 Å². The molecule has 0 saturated carbocycles. The van der Waals surface area contributed by atoms with E-state index in [4.69, 9.17) is 9.94 Å². The predicted molar refractivity (Wildman–Crippen MR) is 48.8 cm³/mol. The maximum absolute atomic E-state index is 9.52. The van der Waals surface area contributed by atoms with Crippen molar-refractivity contribution >= 4 is 6.21 Å². The quantitative estimate of drug-likeness (QED) is 0.413. The number of benzene rings is 1. The topological polar surface area (TPSA) is 62.0 Å². The van der Waals surface area contributed by atoms with Crippen LogP contribution in [0.4, 0.5) is 0 Å². The number of aryl methyl sites for hydroxylation is 1. The second kappa shape index (κ2) is 3.80. The summed E-state index contributed by atoms with van der Waals surface area (Å²) in [4.78, 5) is 0. The summed E-state index contributed by atoms with van der Waals surface area (Å²) >= 11 is 0. The van der Waals surface area contributed by atoms with Gasteiger partial charge in [-0.2, -0.15) is 0 Å². The van der Waals surface area contributed by atoms with E-state index >= 15 is 0 Å². The normalized spacial score (nSPS) is 10.6. The molecule has 0 aliphatic rings. The molecule has 0 radical (unpaired) electrons. The van der Waals surface area contributed by atoms with Crippen LogP contribution in [0.3, 0.4) is 0 Å². The highest BCUT2D eigenvalue weighted by Gasteiger charge is 2.06. The van der Waals surface area contributed by atoms with Crippen molar-refractivity contribution in [3.63, 3.8) is 0 Å². The number of methoxy groups -OCH3 is 1. The highest BCUT2D eigenvalue weighted by Crippen LogP contribution is 2.29. The number of rotatable bonds is 2. The minimum absolute atomic E-state index is 0.0223. The Morgan fingerprint density at radius 2 is 2.15 bits per heavy atom. The first kappa shape index (κ1) is 9.38. The number of aromatic hydroxyl groups is 1. The summed E-state index contributed by atoms with van der Waals surface area (Å²) in [6.07, 6.45) is 1.16. The van der Waals surface area contributed by atoms with Gasteiger partial charge in [-0.25, -0.2) is 0 Å². The smallest absolute Gasteiger partial charge is 0.166 e. The molecule has 1 rings (SSSR count). The van der Waals surface area contributed by atoms with E-state index in [-0.39, 0.29) is 5.75 Å². The molecule has 0 aliphatic carbocycles. The van der Waals surface area contributed by atoms with E-state index < -0.39 is 0 Å². The van der Waals surface area contributed by atoms with Crippen molar-refractivity contribution in [2.45, 2.75) is 6.92 Å². The summed E-state index contributed by atoms with van der Waals surface area (Å²) < 4.78 is 4.92. The highest BCUT2D eigenvalue weighted by atomic mass is 16.5. The molecule has 0 atom stereocenters. The lowest BCUT2D eigenvalue weighted by Crippen LogP contribution is -1.90. The molecular formula is C9H11NO3. The van der Waals surface area contributed by atoms with Crippen LogP contribution in [0, 0.1) is 6.92 Å². The van der Waals surface area contributed by atoms with Gasteiger partial charge < -0.3 is 15.1 Å². The molecule has 0 saturated heterocycles. The van der Waals surface area contributed by atoms with Crippen LogP contribution in [-0.2, 0) is 0 Å². The Morgan fingerprint density at radius 3 is 2.69 bits per heavy atom. The third kappa shape index (κ3) is 1.90. The van der Waals surface area contributed by atoms with Gasteiger partial charge in [0.05, 0.1) is 13.3 Å². The summed E-state index contributed by atoms with van der Waals surface area (Å²) in [5.41, 5.74) is 1.35. The van der Waals surface area contributed by atoms with Crippen LogP contribution >= 0.6 is 0 Å². The van der Waals surface area contributed by atoms with E-state index in [2.05, 4.69) is 5.16 Å².